The average molecular weight is 1970 g/mol. The van der Waals surface area contributed by atoms with E-state index >= 15 is 0 Å². The van der Waals surface area contributed by atoms with Crippen molar-refractivity contribution in [2.24, 2.45) is 5.73 Å². The Morgan fingerprint density at radius 3 is 1.03 bits per heavy atom. The zero-order valence-electron chi connectivity index (χ0n) is 79.3. The molecular weight excluding hydrogens is 1860 g/mol. The summed E-state index contributed by atoms with van der Waals surface area (Å²) in [6, 6.07) is 44.7. The van der Waals surface area contributed by atoms with Crippen molar-refractivity contribution in [3.8, 4) is 63.2 Å². The number of nitrogens with zero attached hydrogens (tertiary/aromatic N) is 7. The lowest BCUT2D eigenvalue weighted by atomic mass is 10.00. The molecule has 0 spiro atoms. The topological polar surface area (TPSA) is 421 Å². The van der Waals surface area contributed by atoms with Crippen molar-refractivity contribution in [1.29, 1.82) is 0 Å². The number of carbonyl (C=O) groups is 6. The van der Waals surface area contributed by atoms with Gasteiger partial charge in [-0.05, 0) is 299 Å². The van der Waals surface area contributed by atoms with Gasteiger partial charge in [0.15, 0.2) is 34.5 Å². The van der Waals surface area contributed by atoms with Gasteiger partial charge in [0.2, 0.25) is 35.0 Å². The summed E-state index contributed by atoms with van der Waals surface area (Å²) < 4.78 is 96.1. The van der Waals surface area contributed by atoms with Crippen molar-refractivity contribution >= 4 is 110 Å². The smallest absolute Gasteiger partial charge is 0.502 e. The number of likely N-dealkylation sites (N-methyl/N-ethyl adjacent to an activating group) is 2. The van der Waals surface area contributed by atoms with Gasteiger partial charge in [-0.1, -0.05) is 43.8 Å². The van der Waals surface area contributed by atoms with Gasteiger partial charge in [-0.15, -0.1) is 0 Å². The van der Waals surface area contributed by atoms with E-state index in [0.717, 1.165) is 96.6 Å². The molecule has 742 valence electrons. The minimum absolute atomic E-state index is 0. The molecule has 0 aliphatic heterocycles. The second kappa shape index (κ2) is 52.8. The van der Waals surface area contributed by atoms with Crippen molar-refractivity contribution in [2.75, 3.05) is 97.0 Å². The van der Waals surface area contributed by atoms with Crippen LogP contribution in [0.5, 0.6) is 63.2 Å². The Balaban J connectivity index is 0.000000218. The number of hydrogen-bond donors (Lipinski definition) is 6. The summed E-state index contributed by atoms with van der Waals surface area (Å²) in [6.07, 6.45) is 14.2. The van der Waals surface area contributed by atoms with Crippen LogP contribution in [0.25, 0.3) is 51.7 Å². The summed E-state index contributed by atoms with van der Waals surface area (Å²) in [5, 5.41) is 42.7. The number of nitro groups is 2. The second-order valence-electron chi connectivity index (χ2n) is 31.8. The largest absolute Gasteiger partial charge is 0.519 e. The van der Waals surface area contributed by atoms with Crippen molar-refractivity contribution in [2.45, 2.75) is 67.1 Å². The van der Waals surface area contributed by atoms with Crippen LogP contribution in [-0.2, 0) is 34.0 Å². The van der Waals surface area contributed by atoms with Crippen molar-refractivity contribution in [1.82, 2.24) is 46.0 Å². The number of methoxy groups -OCH3 is 6. The van der Waals surface area contributed by atoms with Gasteiger partial charge in [-0.3, -0.25) is 49.6 Å². The molecule has 0 radical (unpaired) electrons. The first-order valence-corrected chi connectivity index (χ1v) is 43.8. The first kappa shape index (κ1) is 109. The van der Waals surface area contributed by atoms with Crippen LogP contribution in [0, 0.1) is 37.7 Å². The fourth-order valence-electron chi connectivity index (χ4n) is 14.7. The van der Waals surface area contributed by atoms with Gasteiger partial charge >= 0.3 is 17.7 Å². The van der Waals surface area contributed by atoms with Gasteiger partial charge in [0.25, 0.3) is 11.4 Å². The number of phenolic OH excluding ortho intramolecular Hbond substituents is 1. The number of hydrogen-bond acceptors (Lipinski definition) is 27. The first-order chi connectivity index (χ1) is 67.6. The van der Waals surface area contributed by atoms with E-state index in [1.54, 1.807) is 97.8 Å². The van der Waals surface area contributed by atoms with Crippen LogP contribution in [0.3, 0.4) is 0 Å². The van der Waals surface area contributed by atoms with Gasteiger partial charge < -0.3 is 89.3 Å². The highest BCUT2D eigenvalue weighted by atomic mass is 35.5. The summed E-state index contributed by atoms with van der Waals surface area (Å²) in [6.45, 7) is 9.54. The third-order valence-corrected chi connectivity index (χ3v) is 21.8. The normalized spacial score (nSPS) is 12.6. The number of amides is 4. The number of nitrogens with two attached hydrogens (primary N) is 1. The Kier molecular flexibility index (Phi) is 40.6. The van der Waals surface area contributed by atoms with E-state index in [-0.39, 0.29) is 119 Å². The van der Waals surface area contributed by atoms with E-state index in [1.807, 2.05) is 102 Å². The minimum atomic E-state index is -1.12. The number of aromatic nitrogens is 3. The van der Waals surface area contributed by atoms with E-state index in [4.69, 9.17) is 60.0 Å². The van der Waals surface area contributed by atoms with Crippen LogP contribution in [-0.4, -0.2) is 172 Å². The fourth-order valence-corrected chi connectivity index (χ4v) is 14.8. The molecule has 11 aromatic rings. The Morgan fingerprint density at radius 1 is 0.430 bits per heavy atom. The molecule has 0 atom stereocenters. The highest BCUT2D eigenvalue weighted by Gasteiger charge is 2.32. The molecule has 0 saturated heterocycles. The number of aromatic hydroxyl groups is 1. The van der Waals surface area contributed by atoms with Crippen LogP contribution in [0.2, 0.25) is 0 Å². The second-order valence-corrected chi connectivity index (χ2v) is 32.1. The molecule has 8 aromatic carbocycles. The molecule has 3 aliphatic carbocycles. The summed E-state index contributed by atoms with van der Waals surface area (Å²) in [5.74, 6) is -0.0491. The van der Waals surface area contributed by atoms with E-state index in [1.165, 1.54) is 128 Å². The lowest BCUT2D eigenvalue weighted by molar-refractivity contribution is -0.385. The summed E-state index contributed by atoms with van der Waals surface area (Å²) in [5.41, 5.74) is 20.2. The summed E-state index contributed by atoms with van der Waals surface area (Å²) >= 11 is 4.92. The highest BCUT2D eigenvalue weighted by molar-refractivity contribution is 6.61. The maximum Gasteiger partial charge on any atom is 0.519 e. The van der Waals surface area contributed by atoms with E-state index < -0.39 is 33.3 Å². The number of fused-ring (bicyclic) bond motifs is 3. The Morgan fingerprint density at radius 2 is 0.746 bits per heavy atom. The number of nitro benzene ring substituents is 2. The number of rotatable bonds is 32. The zero-order chi connectivity index (χ0) is 102. The number of pyridine rings is 3. The Bertz CT molecular complexity index is 6510. The molecule has 3 aliphatic rings. The number of nitrogens with one attached hydrogen (secondary N) is 4. The molecule has 0 unspecified atom stereocenters. The molecule has 14 rings (SSSR count). The molecule has 33 nitrogen and oxygen atoms in total. The summed E-state index contributed by atoms with van der Waals surface area (Å²) in [4.78, 5) is 110. The number of halogens is 4. The Hall–Kier alpha value is -16.6. The number of non-ortho nitro benzene ring substituents is 2. The first-order valence-electron chi connectivity index (χ1n) is 43.4. The lowest BCUT2D eigenvalue weighted by Gasteiger charge is -2.16. The maximum atomic E-state index is 14.4. The van der Waals surface area contributed by atoms with Crippen LogP contribution in [0.1, 0.15) is 114 Å². The van der Waals surface area contributed by atoms with E-state index in [0.29, 0.717) is 77.6 Å². The van der Waals surface area contributed by atoms with Crippen molar-refractivity contribution in [3.63, 3.8) is 0 Å². The van der Waals surface area contributed by atoms with Gasteiger partial charge in [-0.25, -0.2) is 27.6 Å². The van der Waals surface area contributed by atoms with Gasteiger partial charge in [0.05, 0.1) is 71.8 Å². The number of phenols is 1. The quantitative estimate of drug-likeness (QED) is 0.00749. The molecule has 0 fully saturated rings. The standard InChI is InChI=1S/C34H28FN3O8.C32H35FN4O5.C27H25FN2O4.C7H4ClNO4.C4H12N2.CH4/c1-20-27(26-11-6-23(35)16-29(26)28(20)17-32(39)37-19-21-5-4-12-36-18-21)13-22-14-30(43-2)33(31(15-22)44-3)46-34(40)45-25-9-7-24(8-10-25)38(41)42;1-20-25(13-22-14-28(40-4)31(29(15-22)41-5)42-32(39)35-11-12-37(2)3)24-9-8-23(33)16-27(24)26(20)17-30(38)36-19-21-7-6-10-34-18-21;1-16-21(9-18-10-24(33-2)27(32)25(11-18)34-3)20-7-6-19(28)12-23(20)22(16)13-26(31)30-15-17-5-4-8-29-14-17;8-7(10)13-6-3-1-5(2-4-6)9(11)12;1-6(2)4-3-5;/h4-16,18H,17,19H2,1-3H3,(H,37,39);6-10,13-16,18H,11-12,17,19H2,1-5H3,(H,35,39)(H,36,38);4-12,14,32H,13,15H2,1-3H3,(H,30,31);1-4H;3-5H2,1-2H3;1H4/b27-13-;25-13-;21-9-;;;. The molecule has 3 aromatic heterocycles. The van der Waals surface area contributed by atoms with Crippen molar-refractivity contribution in [3.05, 3.63) is 334 Å². The van der Waals surface area contributed by atoms with Crippen LogP contribution < -0.4 is 74.4 Å². The third kappa shape index (κ3) is 30.5. The molecule has 0 bridgehead atoms. The fraction of sp³-hybridized carbons (Fsp3) is 0.229. The maximum absolute atomic E-state index is 14.4. The number of benzene rings is 8. The molecular formula is C105H108ClF3N12O21. The predicted octanol–water partition coefficient (Wildman–Crippen LogP) is 19.1. The van der Waals surface area contributed by atoms with E-state index in [2.05, 4.69) is 45.9 Å². The Labute approximate surface area is 823 Å². The van der Waals surface area contributed by atoms with Gasteiger partial charge in [0.1, 0.15) is 29.0 Å². The van der Waals surface area contributed by atoms with Crippen LogP contribution in [0.15, 0.2) is 230 Å². The molecule has 7 N–H and O–H groups in total. The summed E-state index contributed by atoms with van der Waals surface area (Å²) in [7, 11) is 16.5. The third-order valence-electron chi connectivity index (χ3n) is 21.7. The average Bonchev–Trinajstić information content (AvgIpc) is 1.62. The zero-order valence-corrected chi connectivity index (χ0v) is 80.1. The van der Waals surface area contributed by atoms with Crippen LogP contribution in [0.4, 0.5) is 38.9 Å². The van der Waals surface area contributed by atoms with Gasteiger partial charge in [-0.2, -0.15) is 0 Å². The van der Waals surface area contributed by atoms with Crippen molar-refractivity contribution < 1.29 is 104 Å². The molecule has 37 heteroatoms. The molecule has 142 heavy (non-hydrogen) atoms. The number of allylic oxidation sites excluding steroid dienone is 6. The number of carbonyl (C=O) groups excluding carboxylic acids is 6. The molecule has 0 saturated carbocycles. The minimum Gasteiger partial charge on any atom is -0.502 e. The number of ether oxygens (including phenoxy) is 10. The highest BCUT2D eigenvalue weighted by Crippen LogP contribution is 2.50. The molecule has 3 heterocycles. The van der Waals surface area contributed by atoms with E-state index in [9.17, 15) is 67.3 Å². The monoisotopic (exact) mass is 1960 g/mol. The predicted molar refractivity (Wildman–Crippen MR) is 535 cm³/mol. The lowest BCUT2D eigenvalue weighted by Crippen LogP contribution is -2.33. The SMILES string of the molecule is C.CN(C)CCN.COc1cc(/C=C2/C(C)=C(CC(=O)NCc3cccnc3)c3cc(F)ccc32)cc(OC)c1O.COc1cc(/C=C2/C(C)=C(CC(=O)NCc3cccnc3)c3cc(F)ccc32)cc(OC)c1OC(=O)NCCN(C)C.COc1cc(/C=C2/C(C)=C(CC(=O)NCc3cccnc3)c3cc(F)ccc32)cc(OC)c1OC(=O)Oc1ccc([N+](=O)[O-])cc1.O=C(Cl)Oc1ccc([N+](=O)[O-])cc1. The van der Waals surface area contributed by atoms with Gasteiger partial charge in [0, 0.05) is 119 Å². The van der Waals surface area contributed by atoms with Crippen LogP contribution >= 0.6 is 11.6 Å². The molecule has 4 amide bonds.